The third-order valence-corrected chi connectivity index (χ3v) is 2.91. The molecule has 0 saturated carbocycles. The lowest BCUT2D eigenvalue weighted by Gasteiger charge is -2.06. The van der Waals surface area contributed by atoms with E-state index in [0.29, 0.717) is 11.3 Å². The summed E-state index contributed by atoms with van der Waals surface area (Å²) in [4.78, 5) is 23.5. The minimum Gasteiger partial charge on any atom is -0.493 e. The maximum atomic E-state index is 11.9. The molecule has 0 atom stereocenters. The van der Waals surface area contributed by atoms with Gasteiger partial charge in [-0.25, -0.2) is 4.79 Å². The molecule has 2 aromatic rings. The minimum absolute atomic E-state index is 0.305. The van der Waals surface area contributed by atoms with Crippen LogP contribution in [0.15, 0.2) is 44.1 Å². The second-order valence-corrected chi connectivity index (χ2v) is 4.27. The minimum atomic E-state index is -0.723. The van der Waals surface area contributed by atoms with E-state index in [-0.39, 0.29) is 5.69 Å². The van der Waals surface area contributed by atoms with Gasteiger partial charge in [0.15, 0.2) is 0 Å². The van der Waals surface area contributed by atoms with Crippen molar-refractivity contribution in [3.63, 3.8) is 0 Å². The Balaban J connectivity index is 2.49. The van der Waals surface area contributed by atoms with Crippen LogP contribution in [0, 0.1) is 12.3 Å². The Bertz CT molecular complexity index is 867. The summed E-state index contributed by atoms with van der Waals surface area (Å²) >= 11 is 0. The second kappa shape index (κ2) is 5.46. The highest BCUT2D eigenvalue weighted by Crippen LogP contribution is 2.22. The van der Waals surface area contributed by atoms with E-state index in [9.17, 15) is 14.7 Å². The van der Waals surface area contributed by atoms with Gasteiger partial charge in [-0.2, -0.15) is 5.11 Å². The summed E-state index contributed by atoms with van der Waals surface area (Å²) in [7, 11) is 2.63. The fourth-order valence-corrected chi connectivity index (χ4v) is 1.64. The number of azo groups is 1. The zero-order chi connectivity index (χ0) is 15.6. The average Bonchev–Trinajstić information content (AvgIpc) is 2.51. The average molecular weight is 284 g/mol. The number of hydrogen-bond donors (Lipinski definition) is 1. The Labute approximate surface area is 119 Å². The summed E-state index contributed by atoms with van der Waals surface area (Å²) in [6.07, 6.45) is 5.24. The van der Waals surface area contributed by atoms with Crippen molar-refractivity contribution in [3.05, 3.63) is 50.7 Å². The van der Waals surface area contributed by atoms with Gasteiger partial charge in [0.2, 0.25) is 11.6 Å². The molecule has 0 bridgehead atoms. The number of hydrogen-bond acceptors (Lipinski definition) is 5. The number of rotatable bonds is 2. The molecule has 106 valence electrons. The molecule has 0 fully saturated rings. The number of aromatic hydroxyl groups is 1. The Morgan fingerprint density at radius 2 is 1.71 bits per heavy atom. The van der Waals surface area contributed by atoms with Gasteiger partial charge in [-0.3, -0.25) is 13.9 Å². The topological polar surface area (TPSA) is 88.9 Å². The maximum absolute atomic E-state index is 11.9. The first-order chi connectivity index (χ1) is 9.95. The van der Waals surface area contributed by atoms with E-state index in [0.717, 1.165) is 9.13 Å². The lowest BCUT2D eigenvalue weighted by atomic mass is 10.2. The van der Waals surface area contributed by atoms with Crippen molar-refractivity contribution in [1.29, 1.82) is 0 Å². The van der Waals surface area contributed by atoms with Crippen LogP contribution in [0.4, 0.5) is 11.4 Å². The highest BCUT2D eigenvalue weighted by atomic mass is 16.3. The molecular weight excluding hydrogens is 272 g/mol. The van der Waals surface area contributed by atoms with Crippen molar-refractivity contribution in [2.45, 2.75) is 0 Å². The van der Waals surface area contributed by atoms with Gasteiger partial charge < -0.3 is 5.11 Å². The van der Waals surface area contributed by atoms with Crippen molar-refractivity contribution < 1.29 is 5.11 Å². The van der Waals surface area contributed by atoms with Crippen LogP contribution in [0.3, 0.4) is 0 Å². The molecule has 1 heterocycles. The SMILES string of the molecule is C#Cc1ccc(N=Nc2c(O)n(C)c(=O)n(C)c2=O)cc1. The molecule has 0 aliphatic rings. The Kier molecular flexibility index (Phi) is 3.71. The molecule has 21 heavy (non-hydrogen) atoms. The largest absolute Gasteiger partial charge is 0.493 e. The molecule has 0 aliphatic carbocycles. The molecular formula is C14H12N4O3. The van der Waals surface area contributed by atoms with E-state index in [4.69, 9.17) is 6.42 Å². The van der Waals surface area contributed by atoms with Gasteiger partial charge in [-0.1, -0.05) is 5.92 Å². The van der Waals surface area contributed by atoms with Gasteiger partial charge in [0.05, 0.1) is 5.69 Å². The first-order valence-corrected chi connectivity index (χ1v) is 5.93. The van der Waals surface area contributed by atoms with E-state index < -0.39 is 17.1 Å². The molecule has 0 aliphatic heterocycles. The molecule has 0 amide bonds. The Morgan fingerprint density at radius 3 is 2.29 bits per heavy atom. The van der Waals surface area contributed by atoms with Gasteiger partial charge in [0, 0.05) is 19.7 Å². The van der Waals surface area contributed by atoms with Gasteiger partial charge in [-0.05, 0) is 24.3 Å². The fraction of sp³-hybridized carbons (Fsp3) is 0.143. The van der Waals surface area contributed by atoms with Gasteiger partial charge in [0.25, 0.3) is 5.56 Å². The zero-order valence-corrected chi connectivity index (χ0v) is 11.4. The molecule has 7 heteroatoms. The number of benzene rings is 1. The molecule has 1 aromatic heterocycles. The van der Waals surface area contributed by atoms with Crippen molar-refractivity contribution in [2.24, 2.45) is 24.3 Å². The predicted molar refractivity (Wildman–Crippen MR) is 77.1 cm³/mol. The zero-order valence-electron chi connectivity index (χ0n) is 11.4. The van der Waals surface area contributed by atoms with Gasteiger partial charge in [0.1, 0.15) is 0 Å². The van der Waals surface area contributed by atoms with E-state index in [1.807, 2.05) is 0 Å². The van der Waals surface area contributed by atoms with Crippen molar-refractivity contribution >= 4 is 11.4 Å². The molecule has 2 rings (SSSR count). The summed E-state index contributed by atoms with van der Waals surface area (Å²) in [6.45, 7) is 0. The summed E-state index contributed by atoms with van der Waals surface area (Å²) in [5.74, 6) is 1.93. The molecule has 0 unspecified atom stereocenters. The Morgan fingerprint density at radius 1 is 1.10 bits per heavy atom. The molecule has 0 radical (unpaired) electrons. The summed E-state index contributed by atoms with van der Waals surface area (Å²) in [5.41, 5.74) is -0.519. The fourth-order valence-electron chi connectivity index (χ4n) is 1.64. The lowest BCUT2D eigenvalue weighted by molar-refractivity contribution is 0.413. The summed E-state index contributed by atoms with van der Waals surface area (Å²) in [5, 5.41) is 17.4. The second-order valence-electron chi connectivity index (χ2n) is 4.27. The molecule has 0 spiro atoms. The van der Waals surface area contributed by atoms with Gasteiger partial charge >= 0.3 is 5.69 Å². The van der Waals surface area contributed by atoms with E-state index in [1.54, 1.807) is 24.3 Å². The van der Waals surface area contributed by atoms with Crippen LogP contribution < -0.4 is 11.2 Å². The van der Waals surface area contributed by atoms with Crippen LogP contribution in [-0.4, -0.2) is 14.2 Å². The third kappa shape index (κ3) is 2.60. The summed E-state index contributed by atoms with van der Waals surface area (Å²) < 4.78 is 1.76. The van der Waals surface area contributed by atoms with Crippen molar-refractivity contribution in [2.75, 3.05) is 0 Å². The normalized spacial score (nSPS) is 10.7. The third-order valence-electron chi connectivity index (χ3n) is 2.91. The number of nitrogens with zero attached hydrogens (tertiary/aromatic N) is 4. The first-order valence-electron chi connectivity index (χ1n) is 5.93. The quantitative estimate of drug-likeness (QED) is 0.663. The molecule has 7 nitrogen and oxygen atoms in total. The van der Waals surface area contributed by atoms with E-state index >= 15 is 0 Å². The van der Waals surface area contributed by atoms with Crippen molar-refractivity contribution in [3.8, 4) is 18.2 Å². The van der Waals surface area contributed by atoms with E-state index in [1.165, 1.54) is 14.1 Å². The van der Waals surface area contributed by atoms with Gasteiger partial charge in [-0.15, -0.1) is 11.5 Å². The molecule has 1 aromatic carbocycles. The standard InChI is InChI=1S/C14H12N4O3/c1-4-9-5-7-10(8-6-9)15-16-11-12(19)17(2)14(21)18(3)13(11)20/h1,5-8,19H,2-3H3. The molecule has 0 saturated heterocycles. The lowest BCUT2D eigenvalue weighted by Crippen LogP contribution is -2.36. The highest BCUT2D eigenvalue weighted by Gasteiger charge is 2.14. The van der Waals surface area contributed by atoms with Crippen LogP contribution in [-0.2, 0) is 14.1 Å². The van der Waals surface area contributed by atoms with E-state index in [2.05, 4.69) is 16.1 Å². The van der Waals surface area contributed by atoms with Crippen LogP contribution in [0.5, 0.6) is 5.88 Å². The van der Waals surface area contributed by atoms with Crippen LogP contribution in [0.2, 0.25) is 0 Å². The molecule has 1 N–H and O–H groups in total. The maximum Gasteiger partial charge on any atom is 0.333 e. The summed E-state index contributed by atoms with van der Waals surface area (Å²) in [6, 6.07) is 6.60. The number of aromatic nitrogens is 2. The highest BCUT2D eigenvalue weighted by molar-refractivity contribution is 5.46. The monoisotopic (exact) mass is 284 g/mol. The van der Waals surface area contributed by atoms with Crippen molar-refractivity contribution in [1.82, 2.24) is 9.13 Å². The van der Waals surface area contributed by atoms with Crippen LogP contribution >= 0.6 is 0 Å². The number of terminal acetylenes is 1. The smallest absolute Gasteiger partial charge is 0.333 e. The predicted octanol–water partition coefficient (Wildman–Crippen LogP) is 1.19. The van der Waals surface area contributed by atoms with Crippen LogP contribution in [0.25, 0.3) is 0 Å². The van der Waals surface area contributed by atoms with Crippen LogP contribution in [0.1, 0.15) is 5.56 Å². The first kappa shape index (κ1) is 14.3. The Hall–Kier alpha value is -3.14.